The van der Waals surface area contributed by atoms with Gasteiger partial charge in [0.25, 0.3) is 0 Å². The predicted molar refractivity (Wildman–Crippen MR) is 86.9 cm³/mol. The second-order valence-corrected chi connectivity index (χ2v) is 8.06. The number of hydrogen-bond acceptors (Lipinski definition) is 3. The van der Waals surface area contributed by atoms with Crippen molar-refractivity contribution in [3.63, 3.8) is 0 Å². The minimum atomic E-state index is -3.28. The smallest absolute Gasteiger partial charge is 0.215 e. The first-order chi connectivity index (χ1) is 9.94. The molecule has 4 nitrogen and oxygen atoms in total. The number of nitrogens with one attached hydrogen (secondary N) is 1. The van der Waals surface area contributed by atoms with E-state index in [9.17, 15) is 8.42 Å². The van der Waals surface area contributed by atoms with Gasteiger partial charge >= 0.3 is 0 Å². The van der Waals surface area contributed by atoms with Gasteiger partial charge < -0.3 is 4.90 Å². The topological polar surface area (TPSA) is 49.4 Å². The highest BCUT2D eigenvalue weighted by Crippen LogP contribution is 2.19. The van der Waals surface area contributed by atoms with Crippen LogP contribution in [0.4, 0.5) is 0 Å². The van der Waals surface area contributed by atoms with Crippen molar-refractivity contribution in [2.45, 2.75) is 25.0 Å². The Morgan fingerprint density at radius 2 is 2.05 bits per heavy atom. The van der Waals surface area contributed by atoms with Crippen molar-refractivity contribution in [1.82, 2.24) is 9.62 Å². The van der Waals surface area contributed by atoms with Crippen molar-refractivity contribution in [1.29, 1.82) is 0 Å². The Bertz CT molecular complexity index is 555. The lowest BCUT2D eigenvalue weighted by molar-refractivity contribution is 0.213. The van der Waals surface area contributed by atoms with E-state index < -0.39 is 10.0 Å². The fourth-order valence-electron chi connectivity index (χ4n) is 2.67. The van der Waals surface area contributed by atoms with E-state index in [1.807, 2.05) is 0 Å². The Hall–Kier alpha value is -0.620. The normalized spacial score (nSPS) is 18.0. The molecule has 0 saturated carbocycles. The number of nitrogens with zero attached hydrogens (tertiary/aromatic N) is 1. The minimum Gasteiger partial charge on any atom is -0.306 e. The molecule has 0 aliphatic carbocycles. The van der Waals surface area contributed by atoms with Gasteiger partial charge in [0.05, 0.1) is 5.75 Å². The molecule has 0 radical (unpaired) electrons. The lowest BCUT2D eigenvalue weighted by Crippen LogP contribution is -2.33. The van der Waals surface area contributed by atoms with Crippen molar-refractivity contribution >= 4 is 21.6 Å². The van der Waals surface area contributed by atoms with Crippen LogP contribution in [0.15, 0.2) is 24.3 Å². The number of hydrogen-bond donors (Lipinski definition) is 1. The van der Waals surface area contributed by atoms with Crippen molar-refractivity contribution < 1.29 is 8.42 Å². The molecule has 1 N–H and O–H groups in total. The van der Waals surface area contributed by atoms with E-state index >= 15 is 0 Å². The fourth-order valence-corrected chi connectivity index (χ4v) is 4.03. The highest BCUT2D eigenvalue weighted by Gasteiger charge is 2.17. The zero-order valence-corrected chi connectivity index (χ0v) is 14.0. The molecule has 1 fully saturated rings. The number of benzene rings is 1. The SMILES string of the molecule is CN1CCC(CCNS(=O)(=O)Cc2cccc(Cl)c2)CC1. The summed E-state index contributed by atoms with van der Waals surface area (Å²) >= 11 is 5.87. The predicted octanol–water partition coefficient (Wildman–Crippen LogP) is 2.49. The molecule has 1 heterocycles. The summed E-state index contributed by atoms with van der Waals surface area (Å²) in [6.07, 6.45) is 3.24. The van der Waals surface area contributed by atoms with E-state index in [4.69, 9.17) is 11.6 Å². The van der Waals surface area contributed by atoms with Gasteiger partial charge in [-0.05, 0) is 63.0 Å². The Balaban J connectivity index is 1.76. The van der Waals surface area contributed by atoms with Crippen LogP contribution in [0.3, 0.4) is 0 Å². The first-order valence-electron chi connectivity index (χ1n) is 7.35. The summed E-state index contributed by atoms with van der Waals surface area (Å²) in [5.74, 6) is 0.621. The van der Waals surface area contributed by atoms with Crippen LogP contribution in [0.1, 0.15) is 24.8 Å². The maximum atomic E-state index is 12.0. The molecule has 0 atom stereocenters. The third-order valence-corrected chi connectivity index (χ3v) is 5.55. The molecule has 1 aromatic carbocycles. The molecule has 6 heteroatoms. The van der Waals surface area contributed by atoms with Crippen LogP contribution in [0, 0.1) is 5.92 Å². The van der Waals surface area contributed by atoms with Crippen LogP contribution in [0.2, 0.25) is 5.02 Å². The van der Waals surface area contributed by atoms with Crippen LogP contribution >= 0.6 is 11.6 Å². The van der Waals surface area contributed by atoms with E-state index in [0.717, 1.165) is 32.4 Å². The third kappa shape index (κ3) is 5.94. The molecule has 1 saturated heterocycles. The Labute approximate surface area is 132 Å². The van der Waals surface area contributed by atoms with Crippen LogP contribution in [0.25, 0.3) is 0 Å². The van der Waals surface area contributed by atoms with Gasteiger partial charge in [-0.15, -0.1) is 0 Å². The maximum absolute atomic E-state index is 12.0. The van der Waals surface area contributed by atoms with Gasteiger partial charge in [0.15, 0.2) is 0 Å². The zero-order valence-electron chi connectivity index (χ0n) is 12.4. The Kier molecular flexibility index (Phi) is 6.05. The zero-order chi connectivity index (χ0) is 15.3. The Morgan fingerprint density at radius 3 is 2.71 bits per heavy atom. The first-order valence-corrected chi connectivity index (χ1v) is 9.38. The standard InChI is InChI=1S/C15H23ClN2O2S/c1-18-9-6-13(7-10-18)5-8-17-21(19,20)12-14-3-2-4-15(16)11-14/h2-4,11,13,17H,5-10,12H2,1H3. The van der Waals surface area contributed by atoms with E-state index in [1.165, 1.54) is 0 Å². The Morgan fingerprint density at radius 1 is 1.33 bits per heavy atom. The van der Waals surface area contributed by atoms with Crippen molar-refractivity contribution in [3.8, 4) is 0 Å². The van der Waals surface area contributed by atoms with Crippen LogP contribution < -0.4 is 4.72 Å². The number of halogens is 1. The molecule has 0 amide bonds. The second kappa shape index (κ2) is 7.58. The molecule has 1 aliphatic rings. The number of rotatable bonds is 6. The van der Waals surface area contributed by atoms with Crippen LogP contribution in [0.5, 0.6) is 0 Å². The first kappa shape index (κ1) is 16.7. The number of piperidine rings is 1. The average molecular weight is 331 g/mol. The van der Waals surface area contributed by atoms with Gasteiger partial charge in [0.1, 0.15) is 0 Å². The van der Waals surface area contributed by atoms with Crippen molar-refractivity contribution in [2.24, 2.45) is 5.92 Å². The summed E-state index contributed by atoms with van der Waals surface area (Å²) in [5.41, 5.74) is 0.717. The summed E-state index contributed by atoms with van der Waals surface area (Å²) in [6.45, 7) is 2.75. The molecule has 1 aromatic rings. The lowest BCUT2D eigenvalue weighted by atomic mass is 9.94. The van der Waals surface area contributed by atoms with Crippen LogP contribution in [-0.2, 0) is 15.8 Å². The summed E-state index contributed by atoms with van der Waals surface area (Å²) in [6, 6.07) is 6.98. The second-order valence-electron chi connectivity index (χ2n) is 5.82. The summed E-state index contributed by atoms with van der Waals surface area (Å²) in [4.78, 5) is 2.32. The molecule has 1 aliphatic heterocycles. The molecule has 2 rings (SSSR count). The third-order valence-electron chi connectivity index (χ3n) is 3.96. The largest absolute Gasteiger partial charge is 0.306 e. The minimum absolute atomic E-state index is 0.0129. The molecular formula is C15H23ClN2O2S. The summed E-state index contributed by atoms with van der Waals surface area (Å²) < 4.78 is 26.8. The summed E-state index contributed by atoms with van der Waals surface area (Å²) in [7, 11) is -1.15. The monoisotopic (exact) mass is 330 g/mol. The van der Waals surface area contributed by atoms with Gasteiger partial charge in [-0.3, -0.25) is 0 Å². The van der Waals surface area contributed by atoms with E-state index in [0.29, 0.717) is 23.0 Å². The van der Waals surface area contributed by atoms with Crippen molar-refractivity contribution in [2.75, 3.05) is 26.7 Å². The fraction of sp³-hybridized carbons (Fsp3) is 0.600. The molecular weight excluding hydrogens is 308 g/mol. The average Bonchev–Trinajstić information content (AvgIpc) is 2.40. The van der Waals surface area contributed by atoms with Crippen LogP contribution in [-0.4, -0.2) is 40.0 Å². The van der Waals surface area contributed by atoms with E-state index in [-0.39, 0.29) is 5.75 Å². The van der Waals surface area contributed by atoms with Gasteiger partial charge in [-0.25, -0.2) is 13.1 Å². The molecule has 118 valence electrons. The van der Waals surface area contributed by atoms with E-state index in [1.54, 1.807) is 24.3 Å². The molecule has 0 spiro atoms. The number of likely N-dealkylation sites (tertiary alicyclic amines) is 1. The van der Waals surface area contributed by atoms with E-state index in [2.05, 4.69) is 16.7 Å². The van der Waals surface area contributed by atoms with Gasteiger partial charge in [0, 0.05) is 11.6 Å². The van der Waals surface area contributed by atoms with Gasteiger partial charge in [0.2, 0.25) is 10.0 Å². The highest BCUT2D eigenvalue weighted by atomic mass is 35.5. The molecule has 0 aromatic heterocycles. The van der Waals surface area contributed by atoms with Crippen molar-refractivity contribution in [3.05, 3.63) is 34.9 Å². The quantitative estimate of drug-likeness (QED) is 0.871. The highest BCUT2D eigenvalue weighted by molar-refractivity contribution is 7.88. The summed E-state index contributed by atoms with van der Waals surface area (Å²) in [5, 5.41) is 0.564. The van der Waals surface area contributed by atoms with Gasteiger partial charge in [-0.2, -0.15) is 0 Å². The lowest BCUT2D eigenvalue weighted by Gasteiger charge is -2.28. The molecule has 0 unspecified atom stereocenters. The maximum Gasteiger partial charge on any atom is 0.215 e. The molecule has 0 bridgehead atoms. The van der Waals surface area contributed by atoms with Gasteiger partial charge in [-0.1, -0.05) is 23.7 Å². The number of sulfonamides is 1. The molecule has 21 heavy (non-hydrogen) atoms.